The lowest BCUT2D eigenvalue weighted by atomic mass is 10.2. The number of aromatic nitrogens is 1. The zero-order valence-corrected chi connectivity index (χ0v) is 12.0. The molecule has 2 N–H and O–H groups in total. The predicted molar refractivity (Wildman–Crippen MR) is 70.8 cm³/mol. The van der Waals surface area contributed by atoms with Crippen LogP contribution in [0.2, 0.25) is 0 Å². The molecule has 98 valence electrons. The molecule has 0 aromatic carbocycles. The maximum atomic E-state index is 11.0. The fourth-order valence-electron chi connectivity index (χ4n) is 1.33. The quantitative estimate of drug-likeness (QED) is 0.826. The van der Waals surface area contributed by atoms with Gasteiger partial charge in [0.15, 0.2) is 0 Å². The first kappa shape index (κ1) is 14.6. The van der Waals surface area contributed by atoms with Gasteiger partial charge in [0.1, 0.15) is 14.8 Å². The molecule has 5 nitrogen and oxygen atoms in total. The van der Waals surface area contributed by atoms with Crippen molar-refractivity contribution in [2.45, 2.75) is 19.0 Å². The van der Waals surface area contributed by atoms with Crippen LogP contribution in [0.1, 0.15) is 23.2 Å². The number of nitrogens with two attached hydrogens (primary N) is 1. The average Bonchev–Trinajstić information content (AvgIpc) is 2.60. The first-order valence-electron chi connectivity index (χ1n) is 5.30. The van der Waals surface area contributed by atoms with Crippen LogP contribution in [0, 0.1) is 0 Å². The van der Waals surface area contributed by atoms with Crippen molar-refractivity contribution in [1.82, 2.24) is 9.88 Å². The van der Waals surface area contributed by atoms with E-state index in [1.54, 1.807) is 11.3 Å². The van der Waals surface area contributed by atoms with Crippen LogP contribution in [0.3, 0.4) is 0 Å². The van der Waals surface area contributed by atoms with Gasteiger partial charge in [-0.25, -0.2) is 13.4 Å². The summed E-state index contributed by atoms with van der Waals surface area (Å²) in [5.41, 5.74) is 6.70. The molecule has 0 bridgehead atoms. The van der Waals surface area contributed by atoms with Crippen LogP contribution >= 0.6 is 11.3 Å². The molecule has 1 heterocycles. The zero-order valence-electron chi connectivity index (χ0n) is 10.4. The summed E-state index contributed by atoms with van der Waals surface area (Å²) in [7, 11) is 1.00. The van der Waals surface area contributed by atoms with Gasteiger partial charge in [0, 0.05) is 24.2 Å². The standard InChI is InChI=1S/C10H19N3O2S2/c1-13(2)6-10-12-9(7-16-10)8(11)4-5-17(3,14)15/h7-8H,4-6,11H2,1-3H3. The topological polar surface area (TPSA) is 76.3 Å². The monoisotopic (exact) mass is 277 g/mol. The van der Waals surface area contributed by atoms with E-state index in [2.05, 4.69) is 4.98 Å². The maximum Gasteiger partial charge on any atom is 0.147 e. The molecule has 0 aliphatic heterocycles. The van der Waals surface area contributed by atoms with E-state index in [0.29, 0.717) is 6.42 Å². The van der Waals surface area contributed by atoms with E-state index in [4.69, 9.17) is 5.73 Å². The Kier molecular flexibility index (Phi) is 5.05. The molecule has 1 aromatic rings. The summed E-state index contributed by atoms with van der Waals surface area (Å²) in [5, 5.41) is 2.91. The van der Waals surface area contributed by atoms with E-state index in [0.717, 1.165) is 17.2 Å². The molecule has 0 radical (unpaired) electrons. The lowest BCUT2D eigenvalue weighted by Crippen LogP contribution is -2.16. The van der Waals surface area contributed by atoms with E-state index < -0.39 is 9.84 Å². The maximum absolute atomic E-state index is 11.0. The third-order valence-corrected chi connectivity index (χ3v) is 4.03. The summed E-state index contributed by atoms with van der Waals surface area (Å²) in [6.45, 7) is 0.781. The molecule has 0 fully saturated rings. The van der Waals surface area contributed by atoms with Gasteiger partial charge >= 0.3 is 0 Å². The molecule has 1 unspecified atom stereocenters. The van der Waals surface area contributed by atoms with Crippen molar-refractivity contribution >= 4 is 21.2 Å². The Morgan fingerprint density at radius 2 is 2.18 bits per heavy atom. The normalized spacial score (nSPS) is 14.2. The van der Waals surface area contributed by atoms with Gasteiger partial charge < -0.3 is 10.6 Å². The Hall–Kier alpha value is -0.500. The molecule has 0 saturated carbocycles. The molecule has 0 amide bonds. The summed E-state index contributed by atoms with van der Waals surface area (Å²) in [5.74, 6) is 0.106. The fraction of sp³-hybridized carbons (Fsp3) is 0.700. The van der Waals surface area contributed by atoms with Gasteiger partial charge in [0.25, 0.3) is 0 Å². The van der Waals surface area contributed by atoms with E-state index >= 15 is 0 Å². The molecule has 0 saturated heterocycles. The van der Waals surface area contributed by atoms with E-state index in [-0.39, 0.29) is 11.8 Å². The van der Waals surface area contributed by atoms with Crippen molar-refractivity contribution in [2.75, 3.05) is 26.1 Å². The SMILES string of the molecule is CN(C)Cc1nc(C(N)CCS(C)(=O)=O)cs1. The first-order valence-corrected chi connectivity index (χ1v) is 8.24. The van der Waals surface area contributed by atoms with Crippen molar-refractivity contribution < 1.29 is 8.42 Å². The van der Waals surface area contributed by atoms with Gasteiger partial charge in [-0.3, -0.25) is 0 Å². The highest BCUT2D eigenvalue weighted by atomic mass is 32.2. The van der Waals surface area contributed by atoms with Crippen LogP contribution in [0.15, 0.2) is 5.38 Å². The second-order valence-corrected chi connectivity index (χ2v) is 7.63. The highest BCUT2D eigenvalue weighted by Gasteiger charge is 2.13. The predicted octanol–water partition coefficient (Wildman–Crippen LogP) is 0.639. The Bertz CT molecular complexity index is 454. The number of rotatable bonds is 6. The summed E-state index contributed by atoms with van der Waals surface area (Å²) in [6.07, 6.45) is 1.64. The van der Waals surface area contributed by atoms with Crippen LogP contribution in [-0.2, 0) is 16.4 Å². The molecule has 1 rings (SSSR count). The second kappa shape index (κ2) is 5.90. The highest BCUT2D eigenvalue weighted by Crippen LogP contribution is 2.18. The number of thiazole rings is 1. The summed E-state index contributed by atoms with van der Waals surface area (Å²) in [6, 6.07) is -0.295. The van der Waals surface area contributed by atoms with Crippen LogP contribution in [0.5, 0.6) is 0 Å². The Morgan fingerprint density at radius 3 is 2.71 bits per heavy atom. The highest BCUT2D eigenvalue weighted by molar-refractivity contribution is 7.90. The van der Waals surface area contributed by atoms with Crippen molar-refractivity contribution in [1.29, 1.82) is 0 Å². The minimum atomic E-state index is -2.95. The van der Waals surface area contributed by atoms with Gasteiger partial charge in [-0.15, -0.1) is 11.3 Å². The van der Waals surface area contributed by atoms with Crippen molar-refractivity contribution in [2.24, 2.45) is 5.73 Å². The molecule has 0 aliphatic rings. The smallest absolute Gasteiger partial charge is 0.147 e. The van der Waals surface area contributed by atoms with Crippen LogP contribution in [-0.4, -0.2) is 44.4 Å². The Labute approximate surface area is 107 Å². The lowest BCUT2D eigenvalue weighted by Gasteiger charge is -2.08. The van der Waals surface area contributed by atoms with E-state index in [1.165, 1.54) is 6.26 Å². The lowest BCUT2D eigenvalue weighted by molar-refractivity contribution is 0.401. The van der Waals surface area contributed by atoms with Gasteiger partial charge in [0.05, 0.1) is 11.4 Å². The third kappa shape index (κ3) is 5.58. The number of hydrogen-bond acceptors (Lipinski definition) is 6. The van der Waals surface area contributed by atoms with Gasteiger partial charge in [-0.1, -0.05) is 0 Å². The fourth-order valence-corrected chi connectivity index (χ4v) is 2.98. The minimum absolute atomic E-state index is 0.106. The number of nitrogens with zero attached hydrogens (tertiary/aromatic N) is 2. The largest absolute Gasteiger partial charge is 0.323 e. The van der Waals surface area contributed by atoms with E-state index in [1.807, 2.05) is 24.4 Å². The van der Waals surface area contributed by atoms with Gasteiger partial charge in [-0.2, -0.15) is 0 Å². The van der Waals surface area contributed by atoms with Crippen LogP contribution < -0.4 is 5.73 Å². The Balaban J connectivity index is 2.57. The van der Waals surface area contributed by atoms with Crippen LogP contribution in [0.25, 0.3) is 0 Å². The molecule has 0 aliphatic carbocycles. The van der Waals surface area contributed by atoms with Gasteiger partial charge in [0.2, 0.25) is 0 Å². The third-order valence-electron chi connectivity index (χ3n) is 2.20. The summed E-state index contributed by atoms with van der Waals surface area (Å²) >= 11 is 1.56. The summed E-state index contributed by atoms with van der Waals surface area (Å²) < 4.78 is 22.1. The number of sulfone groups is 1. The average molecular weight is 277 g/mol. The second-order valence-electron chi connectivity index (χ2n) is 4.43. The molecule has 7 heteroatoms. The Morgan fingerprint density at radius 1 is 1.53 bits per heavy atom. The van der Waals surface area contributed by atoms with Crippen molar-refractivity contribution in [3.63, 3.8) is 0 Å². The summed E-state index contributed by atoms with van der Waals surface area (Å²) in [4.78, 5) is 6.44. The molecule has 1 aromatic heterocycles. The first-order chi connectivity index (χ1) is 7.78. The molecule has 1 atom stereocenters. The molecular formula is C10H19N3O2S2. The molecular weight excluding hydrogens is 258 g/mol. The minimum Gasteiger partial charge on any atom is -0.323 e. The zero-order chi connectivity index (χ0) is 13.1. The van der Waals surface area contributed by atoms with Crippen LogP contribution in [0.4, 0.5) is 0 Å². The van der Waals surface area contributed by atoms with Gasteiger partial charge in [-0.05, 0) is 20.5 Å². The van der Waals surface area contributed by atoms with Crippen molar-refractivity contribution in [3.05, 3.63) is 16.1 Å². The van der Waals surface area contributed by atoms with E-state index in [9.17, 15) is 8.42 Å². The number of hydrogen-bond donors (Lipinski definition) is 1. The van der Waals surface area contributed by atoms with Crippen molar-refractivity contribution in [3.8, 4) is 0 Å². The molecule has 17 heavy (non-hydrogen) atoms. The molecule has 0 spiro atoms.